The van der Waals surface area contributed by atoms with E-state index in [2.05, 4.69) is 26.1 Å². The van der Waals surface area contributed by atoms with Crippen molar-refractivity contribution < 1.29 is 0 Å². The van der Waals surface area contributed by atoms with Crippen LogP contribution in [0.3, 0.4) is 0 Å². The Balaban J connectivity index is 3.32. The molecule has 2 heteroatoms. The molecule has 0 aromatic rings. The molecule has 1 nitrogen and oxygen atoms in total. The zero-order valence-corrected chi connectivity index (χ0v) is 6.12. The van der Waals surface area contributed by atoms with Gasteiger partial charge in [-0.3, -0.25) is 0 Å². The molecular weight excluding hydrogens is 118 g/mol. The smallest absolute Gasteiger partial charge is 0.0346 e. The lowest BCUT2D eigenvalue weighted by Crippen LogP contribution is -2.18. The van der Waals surface area contributed by atoms with Crippen LogP contribution in [0.15, 0.2) is 11.5 Å². The summed E-state index contributed by atoms with van der Waals surface area (Å²) < 4.78 is 0. The van der Waals surface area contributed by atoms with Gasteiger partial charge in [-0.05, 0) is 11.3 Å². The van der Waals surface area contributed by atoms with Crippen LogP contribution in [-0.2, 0) is 0 Å². The maximum Gasteiger partial charge on any atom is 0.0346 e. The predicted octanol–water partition coefficient (Wildman–Crippen LogP) is 1.56. The van der Waals surface area contributed by atoms with Crippen molar-refractivity contribution in [2.45, 2.75) is 25.8 Å². The van der Waals surface area contributed by atoms with Gasteiger partial charge < -0.3 is 5.73 Å². The maximum atomic E-state index is 5.55. The lowest BCUT2D eigenvalue weighted by molar-refractivity contribution is 0.698. The summed E-state index contributed by atoms with van der Waals surface area (Å²) >= 11 is 4.01. The van der Waals surface area contributed by atoms with Crippen molar-refractivity contribution in [3.05, 3.63) is 11.5 Å². The van der Waals surface area contributed by atoms with E-state index in [1.54, 1.807) is 0 Å². The van der Waals surface area contributed by atoms with Crippen molar-refractivity contribution in [2.75, 3.05) is 0 Å². The van der Waals surface area contributed by atoms with Gasteiger partial charge in [0.25, 0.3) is 0 Å². The fourth-order valence-corrected chi connectivity index (χ4v) is 0.607. The van der Waals surface area contributed by atoms with Gasteiger partial charge in [-0.1, -0.05) is 19.9 Å². The van der Waals surface area contributed by atoms with Gasteiger partial charge in [0.1, 0.15) is 0 Å². The fraction of sp³-hybridized carbons (Fsp3) is 0.667. The third-order valence-electron chi connectivity index (χ3n) is 1.03. The van der Waals surface area contributed by atoms with Crippen LogP contribution in [0.4, 0.5) is 0 Å². The van der Waals surface area contributed by atoms with E-state index in [-0.39, 0.29) is 6.04 Å². The monoisotopic (exact) mass is 131 g/mol. The molecule has 0 saturated carbocycles. The van der Waals surface area contributed by atoms with Gasteiger partial charge in [0.15, 0.2) is 0 Å². The van der Waals surface area contributed by atoms with Crippen molar-refractivity contribution >= 4 is 12.6 Å². The average molecular weight is 131 g/mol. The van der Waals surface area contributed by atoms with Gasteiger partial charge in [0.2, 0.25) is 0 Å². The molecule has 48 valence electrons. The van der Waals surface area contributed by atoms with E-state index >= 15 is 0 Å². The topological polar surface area (TPSA) is 26.0 Å². The van der Waals surface area contributed by atoms with Crippen LogP contribution in [0.25, 0.3) is 0 Å². The lowest BCUT2D eigenvalue weighted by Gasteiger charge is -2.06. The molecule has 0 heterocycles. The van der Waals surface area contributed by atoms with Gasteiger partial charge in [-0.2, -0.15) is 0 Å². The Kier molecular flexibility index (Phi) is 4.01. The van der Waals surface area contributed by atoms with Crippen molar-refractivity contribution in [2.24, 2.45) is 5.73 Å². The number of rotatable bonds is 3. The van der Waals surface area contributed by atoms with Crippen LogP contribution >= 0.6 is 12.6 Å². The van der Waals surface area contributed by atoms with E-state index in [0.29, 0.717) is 0 Å². The largest absolute Gasteiger partial charge is 0.324 e. The minimum atomic E-state index is 0.0864. The van der Waals surface area contributed by atoms with Crippen LogP contribution in [0.1, 0.15) is 19.8 Å². The van der Waals surface area contributed by atoms with Crippen molar-refractivity contribution in [1.82, 2.24) is 0 Å². The summed E-state index contributed by atoms with van der Waals surface area (Å²) in [7, 11) is 0. The van der Waals surface area contributed by atoms with Crippen molar-refractivity contribution in [1.29, 1.82) is 0 Å². The molecule has 0 unspecified atom stereocenters. The SMILES string of the molecule is C=C(S)[C@@H](N)CCC. The lowest BCUT2D eigenvalue weighted by atomic mass is 10.2. The second kappa shape index (κ2) is 3.98. The van der Waals surface area contributed by atoms with Gasteiger partial charge in [-0.25, -0.2) is 0 Å². The molecule has 0 amide bonds. The normalized spacial score (nSPS) is 13.4. The second-order valence-electron chi connectivity index (χ2n) is 1.89. The highest BCUT2D eigenvalue weighted by atomic mass is 32.1. The third-order valence-corrected chi connectivity index (χ3v) is 1.36. The first kappa shape index (κ1) is 8.05. The van der Waals surface area contributed by atoms with Crippen LogP contribution in [0, 0.1) is 0 Å². The molecule has 2 N–H and O–H groups in total. The van der Waals surface area contributed by atoms with Crippen LogP contribution < -0.4 is 5.73 Å². The van der Waals surface area contributed by atoms with Gasteiger partial charge in [0, 0.05) is 6.04 Å². The molecule has 0 aromatic carbocycles. The summed E-state index contributed by atoms with van der Waals surface area (Å²) in [6.07, 6.45) is 2.09. The summed E-state index contributed by atoms with van der Waals surface area (Å²) in [5.41, 5.74) is 5.55. The summed E-state index contributed by atoms with van der Waals surface area (Å²) in [5, 5.41) is 0. The standard InChI is InChI=1S/C6H13NS/c1-3-4-6(7)5(2)8/h6,8H,2-4,7H2,1H3/t6-/m0/s1. The minimum absolute atomic E-state index is 0.0864. The highest BCUT2D eigenvalue weighted by Gasteiger charge is 1.98. The highest BCUT2D eigenvalue weighted by molar-refractivity contribution is 7.84. The molecule has 0 fully saturated rings. The Morgan fingerprint density at radius 2 is 2.38 bits per heavy atom. The Bertz CT molecular complexity index is 80.6. The molecule has 0 aliphatic rings. The molecule has 0 radical (unpaired) electrons. The van der Waals surface area contributed by atoms with E-state index in [9.17, 15) is 0 Å². The Hall–Kier alpha value is 0.0500. The summed E-state index contributed by atoms with van der Waals surface area (Å²) in [6, 6.07) is 0.0864. The maximum absolute atomic E-state index is 5.55. The summed E-state index contributed by atoms with van der Waals surface area (Å²) in [6.45, 7) is 5.71. The molecule has 0 rings (SSSR count). The number of hydrogen-bond acceptors (Lipinski definition) is 2. The minimum Gasteiger partial charge on any atom is -0.324 e. The second-order valence-corrected chi connectivity index (χ2v) is 2.46. The van der Waals surface area contributed by atoms with E-state index in [4.69, 9.17) is 5.73 Å². The molecule has 0 saturated heterocycles. The first-order valence-electron chi connectivity index (χ1n) is 2.81. The third kappa shape index (κ3) is 3.10. The summed E-state index contributed by atoms with van der Waals surface area (Å²) in [4.78, 5) is 0.784. The molecule has 1 atom stereocenters. The molecule has 0 aliphatic carbocycles. The molecule has 8 heavy (non-hydrogen) atoms. The zero-order valence-electron chi connectivity index (χ0n) is 5.22. The van der Waals surface area contributed by atoms with Crippen LogP contribution in [0.5, 0.6) is 0 Å². The number of thiol groups is 1. The summed E-state index contributed by atoms with van der Waals surface area (Å²) in [5.74, 6) is 0. The molecular formula is C6H13NS. The van der Waals surface area contributed by atoms with E-state index in [0.717, 1.165) is 17.7 Å². The van der Waals surface area contributed by atoms with Gasteiger partial charge in [0.05, 0.1) is 0 Å². The predicted molar refractivity (Wildman–Crippen MR) is 41.0 cm³/mol. The Labute approximate surface area is 56.4 Å². The molecule has 0 aliphatic heterocycles. The van der Waals surface area contributed by atoms with E-state index < -0.39 is 0 Å². The first-order chi connectivity index (χ1) is 3.68. The Morgan fingerprint density at radius 3 is 2.50 bits per heavy atom. The zero-order chi connectivity index (χ0) is 6.57. The average Bonchev–Trinajstić information content (AvgIpc) is 1.67. The number of hydrogen-bond donors (Lipinski definition) is 2. The van der Waals surface area contributed by atoms with Crippen LogP contribution in [-0.4, -0.2) is 6.04 Å². The van der Waals surface area contributed by atoms with Gasteiger partial charge in [-0.15, -0.1) is 12.6 Å². The molecule has 0 bridgehead atoms. The van der Waals surface area contributed by atoms with Crippen molar-refractivity contribution in [3.63, 3.8) is 0 Å². The molecule has 0 spiro atoms. The van der Waals surface area contributed by atoms with Crippen molar-refractivity contribution in [3.8, 4) is 0 Å². The quantitative estimate of drug-likeness (QED) is 0.558. The first-order valence-corrected chi connectivity index (χ1v) is 3.26. The van der Waals surface area contributed by atoms with E-state index in [1.165, 1.54) is 0 Å². The number of nitrogens with two attached hydrogens (primary N) is 1. The molecule has 0 aromatic heterocycles. The van der Waals surface area contributed by atoms with Gasteiger partial charge >= 0.3 is 0 Å². The fourth-order valence-electron chi connectivity index (χ4n) is 0.478. The van der Waals surface area contributed by atoms with Crippen LogP contribution in [0.2, 0.25) is 0 Å². The highest BCUT2D eigenvalue weighted by Crippen LogP contribution is 2.06. The van der Waals surface area contributed by atoms with E-state index in [1.807, 2.05) is 0 Å². The Morgan fingerprint density at radius 1 is 1.88 bits per heavy atom.